The van der Waals surface area contributed by atoms with Gasteiger partial charge in [0.1, 0.15) is 12.5 Å². The number of hydrogen-bond donors (Lipinski definition) is 1. The van der Waals surface area contributed by atoms with Crippen LogP contribution in [-0.4, -0.2) is 33.8 Å². The third-order valence-corrected chi connectivity index (χ3v) is 7.27. The van der Waals surface area contributed by atoms with Gasteiger partial charge in [-0.25, -0.2) is 14.4 Å². The second-order valence-corrected chi connectivity index (χ2v) is 9.73. The summed E-state index contributed by atoms with van der Waals surface area (Å²) in [6.45, 7) is -0.486. The van der Waals surface area contributed by atoms with E-state index in [1.54, 1.807) is 13.3 Å². The number of halogens is 1. The number of nitrogens with one attached hydrogen (secondary N) is 1. The zero-order chi connectivity index (χ0) is 25.9. The summed E-state index contributed by atoms with van der Waals surface area (Å²) in [5.74, 6) is 0.752. The lowest BCUT2D eigenvalue weighted by Crippen LogP contribution is -2.25. The molecule has 2 aliphatic carbocycles. The number of ether oxygens (including phenoxy) is 1. The van der Waals surface area contributed by atoms with Gasteiger partial charge in [-0.1, -0.05) is 30.3 Å². The number of rotatable bonds is 6. The number of aromatic nitrogens is 3. The molecule has 0 radical (unpaired) electrons. The molecule has 1 N–H and O–H groups in total. The Hall–Kier alpha value is -4.10. The maximum atomic E-state index is 13.3. The number of methoxy groups -OCH3 is 1. The monoisotopic (exact) mass is 507 g/mol. The average molecular weight is 508 g/mol. The molecular formula is C31H30FN5O. The number of nitrogens with zero attached hydrogens (tertiary/aromatic N) is 4. The molecule has 38 heavy (non-hydrogen) atoms. The van der Waals surface area contributed by atoms with Crippen molar-refractivity contribution in [2.75, 3.05) is 12.4 Å². The van der Waals surface area contributed by atoms with Crippen LogP contribution in [0.2, 0.25) is 0 Å². The number of hydrogen-bond acceptors (Lipinski definition) is 5. The molecule has 0 bridgehead atoms. The van der Waals surface area contributed by atoms with Crippen LogP contribution >= 0.6 is 0 Å². The summed E-state index contributed by atoms with van der Waals surface area (Å²) in [6, 6.07) is 25.9. The molecule has 3 aliphatic rings. The Bertz CT molecular complexity index is 1570. The van der Waals surface area contributed by atoms with E-state index >= 15 is 0 Å². The van der Waals surface area contributed by atoms with E-state index in [-0.39, 0.29) is 6.04 Å². The van der Waals surface area contributed by atoms with E-state index in [9.17, 15) is 4.39 Å². The van der Waals surface area contributed by atoms with Gasteiger partial charge in [-0.15, -0.1) is 0 Å². The molecule has 0 unspecified atom stereocenters. The lowest BCUT2D eigenvalue weighted by molar-refractivity contribution is 0.0663. The summed E-state index contributed by atoms with van der Waals surface area (Å²) < 4.78 is 21.0. The molecule has 3 aromatic rings. The van der Waals surface area contributed by atoms with Gasteiger partial charge in [0.2, 0.25) is 0 Å². The van der Waals surface area contributed by atoms with Gasteiger partial charge in [-0.2, -0.15) is 0 Å². The minimum absolute atomic E-state index is 0.217. The molecule has 2 heterocycles. The minimum atomic E-state index is -0.486. The molecule has 1 aliphatic heterocycles. The van der Waals surface area contributed by atoms with E-state index in [0.717, 1.165) is 70.7 Å². The summed E-state index contributed by atoms with van der Waals surface area (Å²) >= 11 is 0. The van der Waals surface area contributed by atoms with E-state index < -0.39 is 6.67 Å². The van der Waals surface area contributed by atoms with Crippen molar-refractivity contribution in [2.24, 2.45) is 4.99 Å². The van der Waals surface area contributed by atoms with Gasteiger partial charge in [0, 0.05) is 19.0 Å². The molecule has 0 saturated heterocycles. The number of benzene rings is 3. The lowest BCUT2D eigenvalue weighted by atomic mass is 9.93. The van der Waals surface area contributed by atoms with Gasteiger partial charge in [-0.3, -0.25) is 4.99 Å². The van der Waals surface area contributed by atoms with Crippen LogP contribution in [0.4, 0.5) is 15.9 Å². The molecule has 1 fully saturated rings. The predicted octanol–water partition coefficient (Wildman–Crippen LogP) is 6.60. The van der Waals surface area contributed by atoms with Crippen molar-refractivity contribution < 1.29 is 9.13 Å². The average Bonchev–Trinajstić information content (AvgIpc) is 2.97. The summed E-state index contributed by atoms with van der Waals surface area (Å²) in [6.07, 6.45) is 6.07. The Labute approximate surface area is 221 Å². The van der Waals surface area contributed by atoms with Crippen LogP contribution in [0.3, 0.4) is 0 Å². The highest BCUT2D eigenvalue weighted by molar-refractivity contribution is 5.84. The first-order valence-corrected chi connectivity index (χ1v) is 13.1. The molecule has 0 spiro atoms. The maximum absolute atomic E-state index is 13.3. The van der Waals surface area contributed by atoms with Crippen molar-refractivity contribution >= 4 is 22.5 Å². The summed E-state index contributed by atoms with van der Waals surface area (Å²) in [7, 11) is 1.79. The minimum Gasteiger partial charge on any atom is -0.381 e. The first-order valence-electron chi connectivity index (χ1n) is 13.1. The Morgan fingerprint density at radius 3 is 2.50 bits per heavy atom. The van der Waals surface area contributed by atoms with Crippen LogP contribution in [0.25, 0.3) is 28.1 Å². The van der Waals surface area contributed by atoms with E-state index in [0.29, 0.717) is 11.7 Å². The van der Waals surface area contributed by atoms with Crippen molar-refractivity contribution in [1.29, 1.82) is 0 Å². The molecule has 6 nitrogen and oxygen atoms in total. The third-order valence-electron chi connectivity index (χ3n) is 7.27. The number of pyridine rings is 1. The number of alkyl halides is 1. The normalized spacial score (nSPS) is 18.2. The summed E-state index contributed by atoms with van der Waals surface area (Å²) in [4.78, 5) is 14.7. The fraction of sp³-hybridized carbons (Fsp3) is 0.258. The van der Waals surface area contributed by atoms with Crippen molar-refractivity contribution in [3.63, 3.8) is 0 Å². The Balaban J connectivity index is 1.56. The molecule has 192 valence electrons. The van der Waals surface area contributed by atoms with Crippen LogP contribution in [0.1, 0.15) is 31.2 Å². The van der Waals surface area contributed by atoms with Crippen LogP contribution in [-0.2, 0) is 11.4 Å². The number of fused-ring (bicyclic) bond motifs is 2. The van der Waals surface area contributed by atoms with Crippen LogP contribution < -0.4 is 10.7 Å². The zero-order valence-electron chi connectivity index (χ0n) is 21.3. The quantitative estimate of drug-likeness (QED) is 0.263. The molecule has 1 aromatic heterocycles. The highest BCUT2D eigenvalue weighted by atomic mass is 19.1. The number of anilines is 2. The second kappa shape index (κ2) is 10.7. The fourth-order valence-electron chi connectivity index (χ4n) is 5.24. The molecule has 6 rings (SSSR count). The van der Waals surface area contributed by atoms with Crippen LogP contribution in [0.5, 0.6) is 0 Å². The van der Waals surface area contributed by atoms with Crippen molar-refractivity contribution in [3.8, 4) is 17.1 Å². The molecule has 1 saturated carbocycles. The maximum Gasteiger partial charge on any atom is 0.130 e. The third kappa shape index (κ3) is 4.89. The van der Waals surface area contributed by atoms with E-state index in [4.69, 9.17) is 14.7 Å². The van der Waals surface area contributed by atoms with Gasteiger partial charge in [0.05, 0.1) is 45.6 Å². The fourth-order valence-corrected chi connectivity index (χ4v) is 5.24. The van der Waals surface area contributed by atoms with Gasteiger partial charge in [-0.05, 0) is 79.8 Å². The smallest absolute Gasteiger partial charge is 0.130 e. The molecular weight excluding hydrogens is 477 g/mol. The van der Waals surface area contributed by atoms with Crippen molar-refractivity contribution in [1.82, 2.24) is 14.5 Å². The second-order valence-electron chi connectivity index (χ2n) is 9.73. The van der Waals surface area contributed by atoms with Crippen LogP contribution in [0, 0.1) is 0 Å². The number of para-hydroxylation sites is 2. The van der Waals surface area contributed by atoms with E-state index in [2.05, 4.69) is 33.1 Å². The van der Waals surface area contributed by atoms with Gasteiger partial charge in [0.15, 0.2) is 0 Å². The summed E-state index contributed by atoms with van der Waals surface area (Å²) in [5, 5.41) is 4.35. The standard InChI is InChI=1S/C31H30FN5O/c1-38-24-15-11-22(12-16-24)34-27-19-30-28(18-26(27)36-31-8-4-5-17-33-31)35-25-6-2-3-7-29(25)37(30)23-13-9-21(20-32)10-14-23/h2-10,13-14,17-19,22,24H,11-12,15-16,20H2,1H3,(H,33,36). The van der Waals surface area contributed by atoms with Crippen LogP contribution in [0.15, 0.2) is 90.1 Å². The molecule has 0 atom stereocenters. The molecule has 0 amide bonds. The highest BCUT2D eigenvalue weighted by Crippen LogP contribution is 2.31. The molecule has 7 heteroatoms. The SMILES string of the molecule is COC1CCC(N=c2cc3n(-c4ccc(CF)cc4)c4ccccc4nc-3cc2Nc2ccccn2)CC1. The van der Waals surface area contributed by atoms with Gasteiger partial charge in [0.25, 0.3) is 0 Å². The molecule has 2 aromatic carbocycles. The first kappa shape index (κ1) is 24.2. The van der Waals surface area contributed by atoms with E-state index in [1.165, 1.54) is 0 Å². The van der Waals surface area contributed by atoms with Crippen molar-refractivity contribution in [3.05, 3.63) is 96.0 Å². The zero-order valence-corrected chi connectivity index (χ0v) is 21.3. The highest BCUT2D eigenvalue weighted by Gasteiger charge is 2.21. The van der Waals surface area contributed by atoms with Gasteiger partial charge >= 0.3 is 0 Å². The Morgan fingerprint density at radius 1 is 0.974 bits per heavy atom. The van der Waals surface area contributed by atoms with Gasteiger partial charge < -0.3 is 14.6 Å². The Morgan fingerprint density at radius 2 is 1.76 bits per heavy atom. The first-order chi connectivity index (χ1) is 18.7. The lowest BCUT2D eigenvalue weighted by Gasteiger charge is -2.25. The van der Waals surface area contributed by atoms with E-state index in [1.807, 2.05) is 60.7 Å². The Kier molecular flexibility index (Phi) is 6.84. The largest absolute Gasteiger partial charge is 0.381 e. The predicted molar refractivity (Wildman–Crippen MR) is 149 cm³/mol. The summed E-state index contributed by atoms with van der Waals surface area (Å²) in [5.41, 5.74) is 6.09. The topological polar surface area (TPSA) is 64.3 Å². The van der Waals surface area contributed by atoms with Crippen molar-refractivity contribution in [2.45, 2.75) is 44.5 Å².